The van der Waals surface area contributed by atoms with E-state index in [0.29, 0.717) is 13.1 Å². The van der Waals surface area contributed by atoms with Gasteiger partial charge in [-0.25, -0.2) is 0 Å². The molecule has 0 unspecified atom stereocenters. The molecule has 0 aliphatic carbocycles. The van der Waals surface area contributed by atoms with E-state index >= 15 is 0 Å². The van der Waals surface area contributed by atoms with Gasteiger partial charge in [0.2, 0.25) is 0 Å². The van der Waals surface area contributed by atoms with Gasteiger partial charge in [-0.15, -0.1) is 0 Å². The fraction of sp³-hybridized carbons (Fsp3) is 0.333. The fourth-order valence-corrected chi connectivity index (χ4v) is 1.58. The summed E-state index contributed by atoms with van der Waals surface area (Å²) in [7, 11) is 0. The third-order valence-corrected chi connectivity index (χ3v) is 2.33. The normalized spacial score (nSPS) is 13.6. The summed E-state index contributed by atoms with van der Waals surface area (Å²) in [5.74, 6) is 1.97. The Hall–Kier alpha value is -0.435. The summed E-state index contributed by atoms with van der Waals surface area (Å²) in [5.41, 5.74) is 2.40. The topological polar surface area (TPSA) is 20.3 Å². The summed E-state index contributed by atoms with van der Waals surface area (Å²) in [6, 6.07) is 0. The Morgan fingerprint density at radius 1 is 1.50 bits per heavy atom. The van der Waals surface area contributed by atoms with Gasteiger partial charge in [0.05, 0.1) is 0 Å². The van der Waals surface area contributed by atoms with E-state index in [1.54, 1.807) is 4.90 Å². The molecule has 12 heavy (non-hydrogen) atoms. The van der Waals surface area contributed by atoms with Crippen LogP contribution in [0.3, 0.4) is 0 Å². The number of fused-ring (bicyclic) bond motifs is 1. The van der Waals surface area contributed by atoms with Gasteiger partial charge in [0.25, 0.3) is 0 Å². The number of hydrogen-bond donors (Lipinski definition) is 0. The van der Waals surface area contributed by atoms with Gasteiger partial charge in [0.15, 0.2) is 0 Å². The van der Waals surface area contributed by atoms with Crippen molar-refractivity contribution >= 4 is 37.5 Å². The summed E-state index contributed by atoms with van der Waals surface area (Å²) in [4.78, 5) is 12.4. The molecule has 6 heteroatoms. The van der Waals surface area contributed by atoms with Gasteiger partial charge in [-0.1, -0.05) is 0 Å². The van der Waals surface area contributed by atoms with Crippen molar-refractivity contribution in [1.29, 1.82) is 0 Å². The van der Waals surface area contributed by atoms with Gasteiger partial charge in [-0.3, -0.25) is 0 Å². The van der Waals surface area contributed by atoms with Gasteiger partial charge >= 0.3 is 77.0 Å². The van der Waals surface area contributed by atoms with Gasteiger partial charge < -0.3 is 0 Å². The molecule has 0 fully saturated rings. The predicted octanol–water partition coefficient (Wildman–Crippen LogP) is 0.375. The van der Waals surface area contributed by atoms with Crippen LogP contribution >= 0.6 is 11.6 Å². The average molecular weight is 175 g/mol. The van der Waals surface area contributed by atoms with Crippen LogP contribution in [0.5, 0.6) is 0 Å². The van der Waals surface area contributed by atoms with Crippen LogP contribution in [-0.2, 0) is 13.1 Å². The van der Waals surface area contributed by atoms with Crippen LogP contribution in [0.4, 0.5) is 4.79 Å². The SMILES string of the molecule is O=C(Cl)N1Cc2bbcbc2C1. The van der Waals surface area contributed by atoms with E-state index < -0.39 is 0 Å². The van der Waals surface area contributed by atoms with E-state index in [9.17, 15) is 4.79 Å². The molecule has 1 aliphatic heterocycles. The molecule has 2 rings (SSSR count). The van der Waals surface area contributed by atoms with E-state index in [0.717, 1.165) is 0 Å². The third-order valence-electron chi connectivity index (χ3n) is 2.09. The molecule has 2 nitrogen and oxygen atoms in total. The zero-order chi connectivity index (χ0) is 8.55. The molecule has 0 spiro atoms. The van der Waals surface area contributed by atoms with Crippen LogP contribution in [0.25, 0.3) is 0 Å². The number of carbonyl (C=O) groups is 1. The molecule has 0 bridgehead atoms. The Balaban J connectivity index is 2.27. The molecule has 56 valence electrons. The van der Waals surface area contributed by atoms with Crippen molar-refractivity contribution in [1.82, 2.24) is 4.90 Å². The number of hydrogen-bond acceptors (Lipinski definition) is 1. The maximum atomic E-state index is 10.8. The molecule has 0 radical (unpaired) electrons. The summed E-state index contributed by atoms with van der Waals surface area (Å²) in [6.45, 7) is 7.32. The van der Waals surface area contributed by atoms with Gasteiger partial charge in [0.1, 0.15) is 0 Å². The van der Waals surface area contributed by atoms with E-state index in [4.69, 9.17) is 11.6 Å². The summed E-state index contributed by atoms with van der Waals surface area (Å²) in [5, 5.41) is -0.369. The van der Waals surface area contributed by atoms with E-state index in [1.165, 1.54) is 10.9 Å². The Morgan fingerprint density at radius 3 is 2.92 bits per heavy atom. The van der Waals surface area contributed by atoms with E-state index in [2.05, 4.69) is 0 Å². The van der Waals surface area contributed by atoms with E-state index in [1.807, 2.05) is 26.4 Å². The fourth-order valence-electron chi connectivity index (χ4n) is 1.46. The molecule has 2 heterocycles. The Bertz CT molecular complexity index is 307. The summed E-state index contributed by atoms with van der Waals surface area (Å²) >= 11 is 5.36. The van der Waals surface area contributed by atoms with Crippen LogP contribution in [-0.4, -0.2) is 30.8 Å². The quantitative estimate of drug-likeness (QED) is 0.412. The van der Waals surface area contributed by atoms with Crippen molar-refractivity contribution < 1.29 is 4.79 Å². The second kappa shape index (κ2) is 3.13. The molecule has 1 aromatic rings. The van der Waals surface area contributed by atoms with Gasteiger partial charge in [-0.2, -0.15) is 0 Å². The van der Waals surface area contributed by atoms with Crippen molar-refractivity contribution in [2.24, 2.45) is 0 Å². The van der Waals surface area contributed by atoms with Crippen molar-refractivity contribution in [2.45, 2.75) is 13.1 Å². The first-order valence-electron chi connectivity index (χ1n) is 3.78. The molecule has 0 atom stereocenters. The standard InChI is InChI=1S/C6H5B3ClNO/c10-6(12)11-1-4-5(2-11)9-8-3-7-4/h3H,1-2H2. The number of nitrogens with zero attached hydrogens (tertiary/aromatic N) is 1. The van der Waals surface area contributed by atoms with Crippen molar-refractivity contribution in [3.05, 3.63) is 16.8 Å². The molecule has 0 saturated heterocycles. The van der Waals surface area contributed by atoms with Crippen LogP contribution in [0.15, 0.2) is 5.86 Å². The van der Waals surface area contributed by atoms with Crippen molar-refractivity contribution in [2.75, 3.05) is 0 Å². The van der Waals surface area contributed by atoms with Crippen LogP contribution < -0.4 is 0 Å². The molecular weight excluding hydrogens is 170 g/mol. The second-order valence-corrected chi connectivity index (χ2v) is 3.20. The first-order chi connectivity index (χ1) is 5.77. The zero-order valence-corrected chi connectivity index (χ0v) is 7.21. The predicted molar refractivity (Wildman–Crippen MR) is 51.0 cm³/mol. The zero-order valence-electron chi connectivity index (χ0n) is 6.46. The average Bonchev–Trinajstić information content (AvgIpc) is 2.46. The molecule has 1 amide bonds. The molecule has 1 aromatic heterocycles. The Labute approximate surface area is 77.5 Å². The first-order valence-corrected chi connectivity index (χ1v) is 4.16. The van der Waals surface area contributed by atoms with Crippen LogP contribution in [0, 0.1) is 0 Å². The molecular formula is C6H5B3ClNO. The van der Waals surface area contributed by atoms with Gasteiger partial charge in [-0.05, 0) is 0 Å². The first kappa shape index (κ1) is 8.18. The molecule has 0 saturated carbocycles. The number of rotatable bonds is 0. The number of halogens is 1. The molecule has 0 N–H and O–H groups in total. The molecule has 1 aliphatic rings. The summed E-state index contributed by atoms with van der Waals surface area (Å²) in [6.07, 6.45) is 0. The Morgan fingerprint density at radius 2 is 2.25 bits per heavy atom. The van der Waals surface area contributed by atoms with Crippen LogP contribution in [0.2, 0.25) is 0 Å². The third kappa shape index (κ3) is 1.38. The summed E-state index contributed by atoms with van der Waals surface area (Å²) < 4.78 is 0. The van der Waals surface area contributed by atoms with Gasteiger partial charge in [0, 0.05) is 0 Å². The second-order valence-electron chi connectivity index (χ2n) is 2.88. The number of carbonyl (C=O) groups excluding carboxylic acids is 1. The minimum atomic E-state index is -0.369. The van der Waals surface area contributed by atoms with E-state index in [-0.39, 0.29) is 5.37 Å². The van der Waals surface area contributed by atoms with Crippen molar-refractivity contribution in [3.8, 4) is 0 Å². The minimum absolute atomic E-state index is 0.369. The maximum absolute atomic E-state index is 10.8. The van der Waals surface area contributed by atoms with Crippen molar-refractivity contribution in [3.63, 3.8) is 0 Å². The monoisotopic (exact) mass is 175 g/mol. The number of amides is 1. The molecule has 0 aromatic carbocycles. The van der Waals surface area contributed by atoms with Crippen LogP contribution in [0.1, 0.15) is 10.9 Å². The Kier molecular flexibility index (Phi) is 2.13.